The van der Waals surface area contributed by atoms with Crippen LogP contribution in [0.15, 0.2) is 71.9 Å². The number of hydrogen-bond acceptors (Lipinski definition) is 4. The molecule has 1 aromatic heterocycles. The van der Waals surface area contributed by atoms with Crippen LogP contribution in [0.4, 0.5) is 4.39 Å². The molecule has 0 spiro atoms. The van der Waals surface area contributed by atoms with Crippen LogP contribution in [0.3, 0.4) is 0 Å². The van der Waals surface area contributed by atoms with Gasteiger partial charge in [-0.25, -0.2) is 12.8 Å². The maximum Gasteiger partial charge on any atom is 0.183 e. The van der Waals surface area contributed by atoms with Crippen LogP contribution in [0.2, 0.25) is 0 Å². The second kappa shape index (κ2) is 6.50. The van der Waals surface area contributed by atoms with Crippen molar-refractivity contribution < 1.29 is 12.8 Å². The minimum Gasteiger partial charge on any atom is -0.297 e. The first-order valence-corrected chi connectivity index (χ1v) is 10.8. The quantitative estimate of drug-likeness (QED) is 0.681. The van der Waals surface area contributed by atoms with Crippen LogP contribution >= 0.6 is 0 Å². The second-order valence-corrected chi connectivity index (χ2v) is 9.63. The molecule has 3 aromatic rings. The van der Waals surface area contributed by atoms with E-state index in [1.165, 1.54) is 12.1 Å². The monoisotopic (exact) mass is 394 g/mol. The number of nitrogens with zero attached hydrogens (tertiary/aromatic N) is 2. The Bertz CT molecular complexity index is 1130. The number of rotatable bonds is 3. The summed E-state index contributed by atoms with van der Waals surface area (Å²) in [7, 11) is -3.33. The number of aromatic nitrogens is 1. The van der Waals surface area contributed by atoms with E-state index in [-0.39, 0.29) is 11.7 Å². The van der Waals surface area contributed by atoms with Crippen LogP contribution in [-0.4, -0.2) is 36.6 Å². The number of likely N-dealkylation sites (tertiary alicyclic amines) is 1. The number of pyridine rings is 1. The van der Waals surface area contributed by atoms with E-state index in [0.717, 1.165) is 28.8 Å². The van der Waals surface area contributed by atoms with Crippen molar-refractivity contribution in [3.05, 3.63) is 83.9 Å². The standard InChI is InChI=1S/C22H19FN2O2S/c23-18-4-1-16(2-5-18)17-3-6-21-19(11-17)20-13-25(14-22(20)28(21,26)27)12-15-7-9-24-10-8-15/h1-11,20,22H,12-14H2. The summed E-state index contributed by atoms with van der Waals surface area (Å²) < 4.78 is 39.4. The maximum atomic E-state index is 13.2. The van der Waals surface area contributed by atoms with E-state index in [1.54, 1.807) is 30.6 Å². The Hall–Kier alpha value is -2.57. The van der Waals surface area contributed by atoms with Gasteiger partial charge >= 0.3 is 0 Å². The molecule has 2 unspecified atom stereocenters. The van der Waals surface area contributed by atoms with E-state index in [2.05, 4.69) is 9.88 Å². The van der Waals surface area contributed by atoms with Crippen molar-refractivity contribution in [3.8, 4) is 11.1 Å². The molecule has 0 amide bonds. The summed E-state index contributed by atoms with van der Waals surface area (Å²) in [5.74, 6) is -0.308. The number of fused-ring (bicyclic) bond motifs is 3. The molecule has 142 valence electrons. The van der Waals surface area contributed by atoms with Gasteiger partial charge in [-0.1, -0.05) is 18.2 Å². The fourth-order valence-corrected chi connectivity index (χ4v) is 6.62. The average Bonchev–Trinajstić information content (AvgIpc) is 3.21. The lowest BCUT2D eigenvalue weighted by Gasteiger charge is -2.17. The fourth-order valence-electron chi connectivity index (χ4n) is 4.42. The Kier molecular flexibility index (Phi) is 4.07. The van der Waals surface area contributed by atoms with Crippen molar-refractivity contribution >= 4 is 9.84 Å². The zero-order valence-corrected chi connectivity index (χ0v) is 15.9. The molecule has 2 aliphatic heterocycles. The zero-order valence-electron chi connectivity index (χ0n) is 15.1. The van der Waals surface area contributed by atoms with Gasteiger partial charge in [0.1, 0.15) is 5.82 Å². The van der Waals surface area contributed by atoms with Crippen LogP contribution in [0, 0.1) is 5.82 Å². The highest BCUT2D eigenvalue weighted by Gasteiger charge is 2.50. The number of benzene rings is 2. The molecule has 2 aromatic carbocycles. The van der Waals surface area contributed by atoms with Gasteiger partial charge in [-0.15, -0.1) is 0 Å². The predicted octanol–water partition coefficient (Wildman–Crippen LogP) is 3.64. The van der Waals surface area contributed by atoms with Gasteiger partial charge in [0.15, 0.2) is 9.84 Å². The molecule has 5 rings (SSSR count). The number of hydrogen-bond donors (Lipinski definition) is 0. The molecule has 28 heavy (non-hydrogen) atoms. The predicted molar refractivity (Wildman–Crippen MR) is 105 cm³/mol. The first-order chi connectivity index (χ1) is 13.5. The summed E-state index contributed by atoms with van der Waals surface area (Å²) in [6.45, 7) is 1.97. The topological polar surface area (TPSA) is 50.3 Å². The minimum absolute atomic E-state index is 0.0257. The van der Waals surface area contributed by atoms with E-state index in [9.17, 15) is 12.8 Å². The van der Waals surface area contributed by atoms with Crippen LogP contribution in [-0.2, 0) is 16.4 Å². The van der Waals surface area contributed by atoms with Gasteiger partial charge in [0.05, 0.1) is 10.1 Å². The van der Waals surface area contributed by atoms with Crippen LogP contribution in [0.5, 0.6) is 0 Å². The first kappa shape index (κ1) is 17.5. The van der Waals surface area contributed by atoms with Crippen LogP contribution in [0.25, 0.3) is 11.1 Å². The second-order valence-electron chi connectivity index (χ2n) is 7.50. The van der Waals surface area contributed by atoms with Crippen molar-refractivity contribution in [2.24, 2.45) is 0 Å². The Morgan fingerprint density at radius 2 is 1.68 bits per heavy atom. The zero-order chi connectivity index (χ0) is 19.3. The molecule has 0 saturated carbocycles. The van der Waals surface area contributed by atoms with E-state index in [4.69, 9.17) is 0 Å². The van der Waals surface area contributed by atoms with Crippen molar-refractivity contribution in [2.75, 3.05) is 13.1 Å². The normalized spacial score (nSPS) is 22.8. The highest BCUT2D eigenvalue weighted by atomic mass is 32.2. The lowest BCUT2D eigenvalue weighted by molar-refractivity contribution is 0.325. The SMILES string of the molecule is O=S1(=O)c2ccc(-c3ccc(F)cc3)cc2C2CN(Cc3ccncc3)CC21. The summed E-state index contributed by atoms with van der Waals surface area (Å²) in [5, 5.41) is -0.396. The Labute approximate surface area is 163 Å². The largest absolute Gasteiger partial charge is 0.297 e. The first-order valence-electron chi connectivity index (χ1n) is 9.27. The molecule has 1 fully saturated rings. The average molecular weight is 394 g/mol. The molecule has 0 radical (unpaired) electrons. The van der Waals surface area contributed by atoms with Gasteiger partial charge in [0.25, 0.3) is 0 Å². The van der Waals surface area contributed by atoms with Gasteiger partial charge < -0.3 is 0 Å². The Morgan fingerprint density at radius 3 is 2.43 bits per heavy atom. The fraction of sp³-hybridized carbons (Fsp3) is 0.227. The summed E-state index contributed by atoms with van der Waals surface area (Å²) >= 11 is 0. The van der Waals surface area contributed by atoms with E-state index < -0.39 is 15.1 Å². The molecule has 1 saturated heterocycles. The lowest BCUT2D eigenvalue weighted by Crippen LogP contribution is -2.25. The van der Waals surface area contributed by atoms with Gasteiger partial charge in [-0.2, -0.15) is 0 Å². The third-order valence-corrected chi connectivity index (χ3v) is 8.05. The molecular weight excluding hydrogens is 375 g/mol. The highest BCUT2D eigenvalue weighted by molar-refractivity contribution is 7.92. The highest BCUT2D eigenvalue weighted by Crippen LogP contribution is 2.46. The van der Waals surface area contributed by atoms with Crippen molar-refractivity contribution in [3.63, 3.8) is 0 Å². The summed E-state index contributed by atoms with van der Waals surface area (Å²) in [6, 6.07) is 15.7. The van der Waals surface area contributed by atoms with Gasteiger partial charge in [-0.05, 0) is 58.7 Å². The van der Waals surface area contributed by atoms with Crippen molar-refractivity contribution in [1.29, 1.82) is 0 Å². The summed E-state index contributed by atoms with van der Waals surface area (Å²) in [5.41, 5.74) is 3.83. The van der Waals surface area contributed by atoms with Gasteiger partial charge in [0.2, 0.25) is 0 Å². The van der Waals surface area contributed by atoms with Crippen molar-refractivity contribution in [2.45, 2.75) is 22.6 Å². The molecule has 6 heteroatoms. The maximum absolute atomic E-state index is 13.2. The van der Waals surface area contributed by atoms with E-state index in [1.807, 2.05) is 24.3 Å². The third kappa shape index (κ3) is 2.84. The minimum atomic E-state index is -3.33. The van der Waals surface area contributed by atoms with E-state index in [0.29, 0.717) is 18.0 Å². The summed E-state index contributed by atoms with van der Waals surface area (Å²) in [6.07, 6.45) is 3.51. The molecular formula is C22H19FN2O2S. The van der Waals surface area contributed by atoms with Gasteiger partial charge in [0, 0.05) is 37.9 Å². The Balaban J connectivity index is 1.48. The van der Waals surface area contributed by atoms with Crippen LogP contribution in [0.1, 0.15) is 17.0 Å². The molecule has 0 N–H and O–H groups in total. The molecule has 0 aliphatic carbocycles. The lowest BCUT2D eigenvalue weighted by atomic mass is 9.94. The van der Waals surface area contributed by atoms with Crippen molar-refractivity contribution in [1.82, 2.24) is 9.88 Å². The molecule has 4 nitrogen and oxygen atoms in total. The van der Waals surface area contributed by atoms with Crippen LogP contribution < -0.4 is 0 Å². The molecule has 2 aliphatic rings. The van der Waals surface area contributed by atoms with Gasteiger partial charge in [-0.3, -0.25) is 9.88 Å². The molecule has 3 heterocycles. The smallest absolute Gasteiger partial charge is 0.183 e. The Morgan fingerprint density at radius 1 is 0.964 bits per heavy atom. The number of halogens is 1. The van der Waals surface area contributed by atoms with E-state index >= 15 is 0 Å². The molecule has 0 bridgehead atoms. The number of sulfone groups is 1. The third-order valence-electron chi connectivity index (χ3n) is 5.79. The summed E-state index contributed by atoms with van der Waals surface area (Å²) in [4.78, 5) is 6.70. The molecule has 2 atom stereocenters.